The van der Waals surface area contributed by atoms with E-state index in [1.165, 1.54) is 0 Å². The number of anilines is 1. The average molecular weight is 563 g/mol. The van der Waals surface area contributed by atoms with Gasteiger partial charge in [0.2, 0.25) is 5.95 Å². The van der Waals surface area contributed by atoms with Crippen molar-refractivity contribution in [3.63, 3.8) is 0 Å². The summed E-state index contributed by atoms with van der Waals surface area (Å²) < 4.78 is 24.0. The smallest absolute Gasteiger partial charge is 0.410 e. The molecule has 11 heteroatoms. The molecule has 0 spiro atoms. The molecule has 0 radical (unpaired) electrons. The van der Waals surface area contributed by atoms with E-state index < -0.39 is 5.60 Å². The lowest BCUT2D eigenvalue weighted by Crippen LogP contribution is -2.38. The van der Waals surface area contributed by atoms with Gasteiger partial charge in [-0.3, -0.25) is 0 Å². The average Bonchev–Trinajstić information content (AvgIpc) is 3.26. The first kappa shape index (κ1) is 28.3. The van der Waals surface area contributed by atoms with Gasteiger partial charge in [0.15, 0.2) is 11.5 Å². The van der Waals surface area contributed by atoms with Gasteiger partial charge in [-0.05, 0) is 57.9 Å². The van der Waals surface area contributed by atoms with Crippen molar-refractivity contribution in [3.05, 3.63) is 47.8 Å². The lowest BCUT2D eigenvalue weighted by atomic mass is 10.0. The molecule has 2 aromatic carbocycles. The van der Waals surface area contributed by atoms with Gasteiger partial charge < -0.3 is 29.2 Å². The highest BCUT2D eigenvalue weighted by molar-refractivity contribution is 5.96. The minimum absolute atomic E-state index is 0.0416. The van der Waals surface area contributed by atoms with Crippen molar-refractivity contribution >= 4 is 28.6 Å². The third-order valence-electron chi connectivity index (χ3n) is 7.12. The number of carbonyl (C=O) groups is 1. The standard InChI is InChI=1S/C30H38N6O5/c1-30(2,3)41-29(37)35-15-8-7-10-20(18-35)26-33-27-22-11-9-12-23(39-5)25(22)32-28(36(27)34-26)31-17-19-13-14-21(38-4)16-24(19)40-6/h9,11-14,16,20H,7-8,10,15,17-18H2,1-6H3,(H,31,32). The Balaban J connectivity index is 1.53. The molecule has 1 saturated heterocycles. The molecule has 2 aromatic heterocycles. The third-order valence-corrected chi connectivity index (χ3v) is 7.12. The van der Waals surface area contributed by atoms with Crippen molar-refractivity contribution in [2.24, 2.45) is 0 Å². The van der Waals surface area contributed by atoms with E-state index in [1.54, 1.807) is 30.7 Å². The van der Waals surface area contributed by atoms with Crippen molar-refractivity contribution < 1.29 is 23.7 Å². The Morgan fingerprint density at radius 3 is 2.56 bits per heavy atom. The van der Waals surface area contributed by atoms with Crippen molar-refractivity contribution in [2.75, 3.05) is 39.7 Å². The number of rotatable bonds is 7. The fraction of sp³-hybridized carbons (Fsp3) is 0.467. The number of amides is 1. The molecule has 218 valence electrons. The number of methoxy groups -OCH3 is 3. The van der Waals surface area contributed by atoms with Crippen LogP contribution >= 0.6 is 0 Å². The maximum Gasteiger partial charge on any atom is 0.410 e. The van der Waals surface area contributed by atoms with E-state index in [4.69, 9.17) is 34.0 Å². The van der Waals surface area contributed by atoms with Crippen molar-refractivity contribution in [1.82, 2.24) is 24.5 Å². The van der Waals surface area contributed by atoms with Gasteiger partial charge in [0, 0.05) is 42.6 Å². The second-order valence-electron chi connectivity index (χ2n) is 11.1. The number of para-hydroxylation sites is 1. The number of hydrogen-bond acceptors (Lipinski definition) is 9. The number of ether oxygens (including phenoxy) is 4. The largest absolute Gasteiger partial charge is 0.497 e. The minimum atomic E-state index is -0.559. The molecule has 1 atom stereocenters. The van der Waals surface area contributed by atoms with Crippen LogP contribution in [0.5, 0.6) is 17.2 Å². The normalized spacial score (nSPS) is 16.0. The zero-order valence-electron chi connectivity index (χ0n) is 24.6. The first-order chi connectivity index (χ1) is 19.7. The number of carbonyl (C=O) groups excluding carboxylic acids is 1. The van der Waals surface area contributed by atoms with Gasteiger partial charge in [0.1, 0.15) is 28.4 Å². The van der Waals surface area contributed by atoms with Crippen LogP contribution < -0.4 is 19.5 Å². The summed E-state index contributed by atoms with van der Waals surface area (Å²) >= 11 is 0. The van der Waals surface area contributed by atoms with Gasteiger partial charge in [-0.25, -0.2) is 14.8 Å². The summed E-state index contributed by atoms with van der Waals surface area (Å²) in [6.45, 7) is 7.22. The summed E-state index contributed by atoms with van der Waals surface area (Å²) in [6, 6.07) is 11.5. The predicted molar refractivity (Wildman–Crippen MR) is 156 cm³/mol. The first-order valence-electron chi connectivity index (χ1n) is 13.9. The van der Waals surface area contributed by atoms with E-state index in [-0.39, 0.29) is 12.0 Å². The van der Waals surface area contributed by atoms with Gasteiger partial charge >= 0.3 is 6.09 Å². The zero-order valence-corrected chi connectivity index (χ0v) is 24.6. The van der Waals surface area contributed by atoms with Crippen LogP contribution in [0.4, 0.5) is 10.7 Å². The fourth-order valence-electron chi connectivity index (χ4n) is 5.09. The number of likely N-dealkylation sites (tertiary alicyclic amines) is 1. The van der Waals surface area contributed by atoms with E-state index in [1.807, 2.05) is 57.2 Å². The highest BCUT2D eigenvalue weighted by Crippen LogP contribution is 2.32. The second kappa shape index (κ2) is 11.7. The molecule has 11 nitrogen and oxygen atoms in total. The molecule has 1 unspecified atom stereocenters. The van der Waals surface area contributed by atoms with Crippen molar-refractivity contribution in [3.8, 4) is 17.2 Å². The summed E-state index contributed by atoms with van der Waals surface area (Å²) in [5, 5.41) is 9.20. The second-order valence-corrected chi connectivity index (χ2v) is 11.1. The summed E-state index contributed by atoms with van der Waals surface area (Å²) in [5.41, 5.74) is 1.72. The molecule has 5 rings (SSSR count). The summed E-state index contributed by atoms with van der Waals surface area (Å²) in [6.07, 6.45) is 2.44. The monoisotopic (exact) mass is 562 g/mol. The fourth-order valence-corrected chi connectivity index (χ4v) is 5.09. The molecule has 41 heavy (non-hydrogen) atoms. The number of nitrogens with one attached hydrogen (secondary N) is 1. The summed E-state index contributed by atoms with van der Waals surface area (Å²) in [5.74, 6) is 3.21. The molecular weight excluding hydrogens is 524 g/mol. The molecule has 0 saturated carbocycles. The number of fused-ring (bicyclic) bond motifs is 3. The molecular formula is C30H38N6O5. The topological polar surface area (TPSA) is 112 Å². The Labute approximate surface area is 239 Å². The Hall–Kier alpha value is -4.28. The van der Waals surface area contributed by atoms with E-state index in [0.29, 0.717) is 59.8 Å². The van der Waals surface area contributed by atoms with Gasteiger partial charge in [0.25, 0.3) is 0 Å². The molecule has 1 amide bonds. The van der Waals surface area contributed by atoms with Gasteiger partial charge in [-0.2, -0.15) is 4.52 Å². The van der Waals surface area contributed by atoms with E-state index >= 15 is 0 Å². The van der Waals surface area contributed by atoms with Crippen LogP contribution in [-0.2, 0) is 11.3 Å². The van der Waals surface area contributed by atoms with Crippen LogP contribution in [0.25, 0.3) is 16.6 Å². The van der Waals surface area contributed by atoms with Crippen LogP contribution in [0, 0.1) is 0 Å². The first-order valence-corrected chi connectivity index (χ1v) is 13.9. The van der Waals surface area contributed by atoms with Crippen LogP contribution in [0.15, 0.2) is 36.4 Å². The van der Waals surface area contributed by atoms with Gasteiger partial charge in [-0.15, -0.1) is 5.10 Å². The lowest BCUT2D eigenvalue weighted by molar-refractivity contribution is 0.0248. The van der Waals surface area contributed by atoms with Crippen LogP contribution in [0.1, 0.15) is 57.3 Å². The molecule has 1 N–H and O–H groups in total. The Morgan fingerprint density at radius 1 is 1.02 bits per heavy atom. The lowest BCUT2D eigenvalue weighted by Gasteiger charge is -2.27. The third kappa shape index (κ3) is 6.08. The van der Waals surface area contributed by atoms with E-state index in [2.05, 4.69) is 5.32 Å². The number of hydrogen-bond donors (Lipinski definition) is 1. The molecule has 4 aromatic rings. The van der Waals surface area contributed by atoms with E-state index in [0.717, 1.165) is 30.2 Å². The minimum Gasteiger partial charge on any atom is -0.497 e. The van der Waals surface area contributed by atoms with Gasteiger partial charge in [0.05, 0.1) is 21.3 Å². The molecule has 1 aliphatic heterocycles. The molecule has 0 aliphatic carbocycles. The van der Waals surface area contributed by atoms with Crippen molar-refractivity contribution in [2.45, 2.75) is 58.1 Å². The number of benzene rings is 2. The predicted octanol–water partition coefficient (Wildman–Crippen LogP) is 5.42. The maximum atomic E-state index is 12.9. The molecule has 1 aliphatic rings. The molecule has 1 fully saturated rings. The van der Waals surface area contributed by atoms with Crippen LogP contribution in [0.2, 0.25) is 0 Å². The number of aromatic nitrogens is 4. The highest BCUT2D eigenvalue weighted by Gasteiger charge is 2.30. The van der Waals surface area contributed by atoms with Crippen LogP contribution in [0.3, 0.4) is 0 Å². The zero-order chi connectivity index (χ0) is 29.1. The van der Waals surface area contributed by atoms with Crippen LogP contribution in [-0.4, -0.2) is 70.6 Å². The summed E-state index contributed by atoms with van der Waals surface area (Å²) in [4.78, 5) is 24.6. The SMILES string of the molecule is COc1ccc(CNc2nc3c(OC)cccc3c3nc(C4CCCCN(C(=O)OC(C)(C)C)C4)nn23)c(OC)c1. The molecule has 3 heterocycles. The summed E-state index contributed by atoms with van der Waals surface area (Å²) in [7, 11) is 4.88. The Bertz CT molecular complexity index is 1550. The quantitative estimate of drug-likeness (QED) is 0.315. The Morgan fingerprint density at radius 2 is 1.83 bits per heavy atom. The van der Waals surface area contributed by atoms with Crippen molar-refractivity contribution in [1.29, 1.82) is 0 Å². The highest BCUT2D eigenvalue weighted by atomic mass is 16.6. The molecule has 0 bridgehead atoms. The van der Waals surface area contributed by atoms with E-state index in [9.17, 15) is 4.79 Å². The van der Waals surface area contributed by atoms with Gasteiger partial charge in [-0.1, -0.05) is 12.5 Å². The Kier molecular flexibility index (Phi) is 8.05. The maximum absolute atomic E-state index is 12.9. The number of nitrogens with zero attached hydrogens (tertiary/aromatic N) is 5.